The van der Waals surface area contributed by atoms with Crippen LogP contribution in [0, 0.1) is 6.92 Å². The highest BCUT2D eigenvalue weighted by atomic mass is 32.2. The van der Waals surface area contributed by atoms with Crippen LogP contribution in [0.25, 0.3) is 17.5 Å². The minimum Gasteiger partial charge on any atom is -0.497 e. The SMILES string of the molecule is CCn1c(S/C(=C\c2ccc(OCc3ccc(C)cc3)c(OC)c2)C(=O)O)nnc1-c1cc(OC)cc(OC)c1. The Morgan fingerprint density at radius 1 is 0.925 bits per heavy atom. The third-order valence-electron chi connectivity index (χ3n) is 6.06. The van der Waals surface area contributed by atoms with E-state index in [1.165, 1.54) is 5.56 Å². The average molecular weight is 562 g/mol. The first kappa shape index (κ1) is 28.6. The van der Waals surface area contributed by atoms with Crippen molar-refractivity contribution in [2.75, 3.05) is 21.3 Å². The smallest absolute Gasteiger partial charge is 0.342 e. The van der Waals surface area contributed by atoms with Crippen molar-refractivity contribution < 1.29 is 28.8 Å². The van der Waals surface area contributed by atoms with Crippen LogP contribution in [0.15, 0.2) is 70.7 Å². The lowest BCUT2D eigenvalue weighted by atomic mass is 10.1. The van der Waals surface area contributed by atoms with Gasteiger partial charge >= 0.3 is 5.97 Å². The first-order valence-electron chi connectivity index (χ1n) is 12.5. The standard InChI is InChI=1S/C30H31N3O6S/c1-6-33-28(22-15-23(36-3)17-24(16-22)37-4)31-32-30(33)40-27(29(34)35)14-21-11-12-25(26(13-21)38-5)39-18-20-9-7-19(2)8-10-20/h7-17H,6,18H2,1-5H3,(H,34,35)/b27-14-. The molecule has 0 aliphatic rings. The molecule has 40 heavy (non-hydrogen) atoms. The van der Waals surface area contributed by atoms with E-state index >= 15 is 0 Å². The highest BCUT2D eigenvalue weighted by Gasteiger charge is 2.19. The van der Waals surface area contributed by atoms with Gasteiger partial charge in [0.05, 0.1) is 21.3 Å². The van der Waals surface area contributed by atoms with Crippen molar-refractivity contribution in [1.29, 1.82) is 0 Å². The number of carbonyl (C=O) groups is 1. The summed E-state index contributed by atoms with van der Waals surface area (Å²) in [7, 11) is 4.70. The van der Waals surface area contributed by atoms with Crippen LogP contribution in [0.4, 0.5) is 0 Å². The van der Waals surface area contributed by atoms with E-state index in [9.17, 15) is 9.90 Å². The van der Waals surface area contributed by atoms with Gasteiger partial charge in [-0.3, -0.25) is 0 Å². The summed E-state index contributed by atoms with van der Waals surface area (Å²) in [4.78, 5) is 12.3. The maximum absolute atomic E-state index is 12.2. The molecular weight excluding hydrogens is 530 g/mol. The Balaban J connectivity index is 1.59. The summed E-state index contributed by atoms with van der Waals surface area (Å²) >= 11 is 1.02. The van der Waals surface area contributed by atoms with E-state index in [-0.39, 0.29) is 4.91 Å². The molecule has 10 heteroatoms. The molecule has 0 aliphatic heterocycles. The number of aliphatic carboxylic acids is 1. The second-order valence-corrected chi connectivity index (χ2v) is 9.76. The zero-order valence-electron chi connectivity index (χ0n) is 23.0. The number of benzene rings is 3. The number of methoxy groups -OCH3 is 3. The fourth-order valence-corrected chi connectivity index (χ4v) is 4.81. The van der Waals surface area contributed by atoms with Crippen LogP contribution in [-0.4, -0.2) is 47.2 Å². The van der Waals surface area contributed by atoms with Gasteiger partial charge in [-0.15, -0.1) is 10.2 Å². The topological polar surface area (TPSA) is 105 Å². The molecule has 0 spiro atoms. The summed E-state index contributed by atoms with van der Waals surface area (Å²) < 4.78 is 24.1. The molecular formula is C30H31N3O6S. The van der Waals surface area contributed by atoms with Crippen LogP contribution in [0.3, 0.4) is 0 Å². The van der Waals surface area contributed by atoms with Gasteiger partial charge in [-0.25, -0.2) is 4.79 Å². The maximum atomic E-state index is 12.2. The van der Waals surface area contributed by atoms with E-state index in [4.69, 9.17) is 18.9 Å². The molecule has 0 unspecified atom stereocenters. The van der Waals surface area contributed by atoms with Crippen molar-refractivity contribution in [1.82, 2.24) is 14.8 Å². The normalized spacial score (nSPS) is 11.3. The van der Waals surface area contributed by atoms with Crippen molar-refractivity contribution in [3.63, 3.8) is 0 Å². The fourth-order valence-electron chi connectivity index (χ4n) is 3.92. The number of rotatable bonds is 12. The van der Waals surface area contributed by atoms with E-state index in [1.807, 2.05) is 54.8 Å². The molecule has 1 aromatic heterocycles. The molecule has 0 atom stereocenters. The third-order valence-corrected chi connectivity index (χ3v) is 7.05. The number of hydrogen-bond acceptors (Lipinski definition) is 8. The number of nitrogens with zero attached hydrogens (tertiary/aromatic N) is 3. The van der Waals surface area contributed by atoms with Gasteiger partial charge in [0.25, 0.3) is 0 Å². The molecule has 0 saturated heterocycles. The van der Waals surface area contributed by atoms with E-state index in [1.54, 1.807) is 51.7 Å². The zero-order chi connectivity index (χ0) is 28.6. The van der Waals surface area contributed by atoms with Gasteiger partial charge in [0.2, 0.25) is 0 Å². The zero-order valence-corrected chi connectivity index (χ0v) is 23.8. The summed E-state index contributed by atoms with van der Waals surface area (Å²) in [5, 5.41) is 19.1. The number of thioether (sulfide) groups is 1. The van der Waals surface area contributed by atoms with Gasteiger partial charge in [0.15, 0.2) is 22.5 Å². The predicted octanol–water partition coefficient (Wildman–Crippen LogP) is 6.10. The number of aryl methyl sites for hydroxylation is 1. The summed E-state index contributed by atoms with van der Waals surface area (Å²) in [6, 6.07) is 18.8. The van der Waals surface area contributed by atoms with Crippen molar-refractivity contribution in [3.05, 3.63) is 82.3 Å². The van der Waals surface area contributed by atoms with Crippen LogP contribution < -0.4 is 18.9 Å². The first-order chi connectivity index (χ1) is 19.3. The van der Waals surface area contributed by atoms with E-state index in [0.29, 0.717) is 52.7 Å². The summed E-state index contributed by atoms with van der Waals surface area (Å²) in [5.41, 5.74) is 3.60. The molecule has 3 aromatic carbocycles. The maximum Gasteiger partial charge on any atom is 0.342 e. The Kier molecular flexibility index (Phi) is 9.34. The lowest BCUT2D eigenvalue weighted by molar-refractivity contribution is -0.131. The van der Waals surface area contributed by atoms with Gasteiger partial charge in [0, 0.05) is 18.2 Å². The first-order valence-corrected chi connectivity index (χ1v) is 13.3. The van der Waals surface area contributed by atoms with Crippen molar-refractivity contribution in [2.24, 2.45) is 0 Å². The van der Waals surface area contributed by atoms with Gasteiger partial charge in [-0.2, -0.15) is 0 Å². The van der Waals surface area contributed by atoms with E-state index in [0.717, 1.165) is 22.9 Å². The Bertz CT molecular complexity index is 1490. The van der Waals surface area contributed by atoms with Crippen LogP contribution in [0.1, 0.15) is 23.6 Å². The Labute approximate surface area is 237 Å². The van der Waals surface area contributed by atoms with Crippen LogP contribution >= 0.6 is 11.8 Å². The average Bonchev–Trinajstić information content (AvgIpc) is 3.38. The molecule has 4 aromatic rings. The molecule has 208 valence electrons. The van der Waals surface area contributed by atoms with E-state index < -0.39 is 5.97 Å². The third kappa shape index (κ3) is 6.76. The number of carboxylic acids is 1. The van der Waals surface area contributed by atoms with Crippen LogP contribution in [0.5, 0.6) is 23.0 Å². The molecule has 1 N–H and O–H groups in total. The van der Waals surface area contributed by atoms with Crippen molar-refractivity contribution >= 4 is 23.8 Å². The highest BCUT2D eigenvalue weighted by molar-refractivity contribution is 8.04. The second kappa shape index (κ2) is 13.1. The monoisotopic (exact) mass is 561 g/mol. The molecule has 4 rings (SSSR count). The number of hydrogen-bond donors (Lipinski definition) is 1. The molecule has 9 nitrogen and oxygen atoms in total. The molecule has 0 aliphatic carbocycles. The molecule has 0 amide bonds. The molecule has 0 radical (unpaired) electrons. The minimum atomic E-state index is -1.08. The lowest BCUT2D eigenvalue weighted by Gasteiger charge is -2.12. The Morgan fingerprint density at radius 2 is 1.62 bits per heavy atom. The van der Waals surface area contributed by atoms with Gasteiger partial charge in [-0.1, -0.05) is 35.9 Å². The van der Waals surface area contributed by atoms with Crippen LogP contribution in [0.2, 0.25) is 0 Å². The lowest BCUT2D eigenvalue weighted by Crippen LogP contribution is -2.03. The summed E-state index contributed by atoms with van der Waals surface area (Å²) in [6.45, 7) is 4.89. The summed E-state index contributed by atoms with van der Waals surface area (Å²) in [5.74, 6) is 1.78. The highest BCUT2D eigenvalue weighted by Crippen LogP contribution is 2.35. The summed E-state index contributed by atoms with van der Waals surface area (Å²) in [6.07, 6.45) is 1.57. The minimum absolute atomic E-state index is 0.0762. The molecule has 0 bridgehead atoms. The Morgan fingerprint density at radius 3 is 2.23 bits per heavy atom. The largest absolute Gasteiger partial charge is 0.497 e. The van der Waals surface area contributed by atoms with Crippen molar-refractivity contribution in [3.8, 4) is 34.4 Å². The van der Waals surface area contributed by atoms with Gasteiger partial charge < -0.3 is 28.6 Å². The fraction of sp³-hybridized carbons (Fsp3) is 0.233. The van der Waals surface area contributed by atoms with Gasteiger partial charge in [-0.05, 0) is 67.1 Å². The molecule has 1 heterocycles. The number of carboxylic acid groups (broad SMARTS) is 1. The van der Waals surface area contributed by atoms with E-state index in [2.05, 4.69) is 10.2 Å². The van der Waals surface area contributed by atoms with Crippen LogP contribution in [-0.2, 0) is 17.9 Å². The van der Waals surface area contributed by atoms with Gasteiger partial charge in [0.1, 0.15) is 23.0 Å². The second-order valence-electron chi connectivity index (χ2n) is 8.75. The van der Waals surface area contributed by atoms with Crippen molar-refractivity contribution in [2.45, 2.75) is 32.2 Å². The number of ether oxygens (including phenoxy) is 4. The Hall–Kier alpha value is -4.44. The molecule has 0 saturated carbocycles. The number of aromatic nitrogens is 3. The molecule has 0 fully saturated rings. The predicted molar refractivity (Wildman–Crippen MR) is 154 cm³/mol. The quantitative estimate of drug-likeness (QED) is 0.162.